The van der Waals surface area contributed by atoms with Gasteiger partial charge in [0.15, 0.2) is 5.76 Å². The van der Waals surface area contributed by atoms with E-state index in [0.717, 1.165) is 215 Å². The number of aryl methyl sites for hydroxylation is 2. The number of imidazole rings is 4. The molecule has 4 aromatic carbocycles. The third kappa shape index (κ3) is 15.4. The van der Waals surface area contributed by atoms with Gasteiger partial charge < -0.3 is 63.1 Å². The Labute approximate surface area is 729 Å². The van der Waals surface area contributed by atoms with Gasteiger partial charge in [0.25, 0.3) is 0 Å². The Kier molecular flexibility index (Phi) is 22.1. The maximum Gasteiger partial charge on any atom is 0.319 e. The number of aromatic nitrogens is 16. The van der Waals surface area contributed by atoms with Gasteiger partial charge in [0, 0.05) is 168 Å². The second kappa shape index (κ2) is 34.0. The molecule has 636 valence electrons. The number of urea groups is 1. The number of aromatic amines is 2. The molecule has 3 saturated carbocycles. The summed E-state index contributed by atoms with van der Waals surface area (Å²) in [5.74, 6) is 6.63. The number of fused-ring (bicyclic) bond motifs is 8. The molecule has 3 amide bonds. The first kappa shape index (κ1) is 81.2. The number of aliphatic hydroxyl groups excluding tert-OH is 1. The van der Waals surface area contributed by atoms with Crippen LogP contribution in [0.25, 0.3) is 131 Å². The summed E-state index contributed by atoms with van der Waals surface area (Å²) in [7, 11) is 3.57. The number of aliphatic carboxylic acids is 1. The number of para-hydroxylation sites is 2. The number of nitrogens with two attached hydrogens (primary N) is 5. The molecule has 1 aliphatic heterocycles. The van der Waals surface area contributed by atoms with E-state index in [9.17, 15) is 24.6 Å². The van der Waals surface area contributed by atoms with Gasteiger partial charge in [-0.05, 0) is 169 Å². The van der Waals surface area contributed by atoms with Gasteiger partial charge in [0.1, 0.15) is 107 Å². The number of carboxylic acids is 1. The number of rotatable bonds is 13. The zero-order valence-corrected chi connectivity index (χ0v) is 72.0. The first-order valence-corrected chi connectivity index (χ1v) is 45.0. The fourth-order valence-electron chi connectivity index (χ4n) is 19.0. The number of benzene rings is 4. The van der Waals surface area contributed by atoms with Crippen molar-refractivity contribution in [2.24, 2.45) is 23.5 Å². The van der Waals surface area contributed by atoms with Gasteiger partial charge in [-0.25, -0.2) is 54.6 Å². The van der Waals surface area contributed by atoms with Crippen LogP contribution in [0, 0.1) is 31.6 Å². The monoisotopic (exact) mass is 1730 g/mol. The number of hydrogen-bond acceptors (Lipinski definition) is 22. The minimum absolute atomic E-state index is 0.0192. The van der Waals surface area contributed by atoms with E-state index < -0.39 is 5.97 Å². The number of H-pyrrole nitrogens is 2. The normalized spacial score (nSPS) is 18.2. The molecule has 0 radical (unpaired) electrons. The van der Waals surface area contributed by atoms with Crippen LogP contribution in [0.2, 0.25) is 0 Å². The molecule has 22 rings (SSSR count). The zero-order valence-electron chi connectivity index (χ0n) is 69.5. The molecule has 125 heavy (non-hydrogen) atoms. The molecule has 3 aliphatic carbocycles. The van der Waals surface area contributed by atoms with Crippen molar-refractivity contribution in [3.63, 3.8) is 0 Å². The number of thiophene rings is 1. The molecule has 0 atom stereocenters. The Bertz CT molecular complexity index is 7060. The highest BCUT2D eigenvalue weighted by atomic mass is 32.1. The number of piperidine rings is 1. The van der Waals surface area contributed by atoms with E-state index in [4.69, 9.17) is 53.0 Å². The van der Waals surface area contributed by atoms with E-state index in [0.29, 0.717) is 72.5 Å². The number of nitrogens with one attached hydrogen (secondary N) is 2. The molecular weight excluding hydrogens is 1630 g/mol. The molecule has 0 unspecified atom stereocenters. The van der Waals surface area contributed by atoms with Crippen LogP contribution in [0.15, 0.2) is 174 Å². The van der Waals surface area contributed by atoms with Crippen LogP contribution in [0.4, 0.5) is 28.1 Å². The molecule has 4 aliphatic rings. The first-order chi connectivity index (χ1) is 60.8. The molecule has 0 spiro atoms. The molecule has 4 fully saturated rings. The van der Waals surface area contributed by atoms with Crippen LogP contribution in [-0.2, 0) is 9.59 Å². The third-order valence-corrected chi connectivity index (χ3v) is 28.4. The number of aliphatic hydroxyl groups is 1. The van der Waals surface area contributed by atoms with E-state index >= 15 is 0 Å². The van der Waals surface area contributed by atoms with Gasteiger partial charge in [0.2, 0.25) is 5.91 Å². The van der Waals surface area contributed by atoms with Gasteiger partial charge in [0.05, 0.1) is 33.2 Å². The lowest BCUT2D eigenvalue weighted by molar-refractivity contribution is -0.142. The standard InChI is InChI=1S/C24H22N6O2S.C24H24N6OS.C23H26N6O2.C22H23N5OS/c25-21-20-19(17-12-15-2-1-3-16(18(15)28-17)23-27-9-11-33-23)29-22(30(20)10-8-26-21)13-4-6-14(7-5-13)24(31)32;25-22-21-20(18-12-16-2-1-3-17(19(16)28-18)24-27-9-11-32-24)29-23(30(21)10-8-26-22)15-6-4-14(13-31)5-7-15;1-14-5-4-6-17-16(14)13-18(31-17)19-20-21(24)25-9-12-29(20)22(26-19)15-7-10-28(11-8-15)23(30)27(2)3;1-12-3-2-4-15-11-16(29-19(12)15)17-18-20(23)25-9-10-27(18)22(26-17)14-7-5-13(6-8-14)21(24)28/h1-3,8-14,28H,4-7H2,(H2,25,26)(H,31,32);1-3,8-12,14-15,28,31H,4-7,13H2,(H2,25,26);4-6,9,12-13,15H,7-8,10-11H2,1-3H3,(H2,24,25);2-4,9-11,13-14H,5-8H2,1H3,(H2,23,25)(H2,24,28). The van der Waals surface area contributed by atoms with Crippen LogP contribution < -0.4 is 28.7 Å². The average Bonchev–Trinajstić information content (AvgIpc) is 1.61. The Morgan fingerprint density at radius 2 is 0.928 bits per heavy atom. The number of hydrogen-bond donors (Lipinski definition) is 9. The average molecular weight is 1730 g/mol. The second-order valence-corrected chi connectivity index (χ2v) is 36.2. The number of likely N-dealkylation sites (tertiary alicyclic amines) is 1. The quantitative estimate of drug-likeness (QED) is 0.0517. The zero-order chi connectivity index (χ0) is 86.0. The number of amides is 3. The molecule has 18 aromatic rings. The smallest absolute Gasteiger partial charge is 0.319 e. The van der Waals surface area contributed by atoms with Gasteiger partial charge >= 0.3 is 12.0 Å². The van der Waals surface area contributed by atoms with Gasteiger partial charge in [-0.2, -0.15) is 0 Å². The first-order valence-electron chi connectivity index (χ1n) is 42.4. The summed E-state index contributed by atoms with van der Waals surface area (Å²) >= 11 is 4.97. The van der Waals surface area contributed by atoms with Crippen LogP contribution in [0.1, 0.15) is 148 Å². The van der Waals surface area contributed by atoms with Crippen LogP contribution in [0.3, 0.4) is 0 Å². The summed E-state index contributed by atoms with van der Waals surface area (Å²) in [6.07, 6.45) is 30.3. The predicted molar refractivity (Wildman–Crippen MR) is 493 cm³/mol. The molecule has 15 heterocycles. The summed E-state index contributed by atoms with van der Waals surface area (Å²) in [4.78, 5) is 93.5. The number of thiazole rings is 2. The summed E-state index contributed by atoms with van der Waals surface area (Å²) in [6.45, 7) is 5.88. The van der Waals surface area contributed by atoms with E-state index in [1.165, 1.54) is 15.6 Å². The summed E-state index contributed by atoms with van der Waals surface area (Å²) < 4.78 is 15.7. The number of anilines is 4. The van der Waals surface area contributed by atoms with Crippen molar-refractivity contribution in [1.82, 2.24) is 87.2 Å². The number of nitrogens with zero attached hydrogens (tertiary/aromatic N) is 16. The van der Waals surface area contributed by atoms with Crippen LogP contribution in [-0.4, -0.2) is 149 Å². The van der Waals surface area contributed by atoms with Crippen molar-refractivity contribution in [3.05, 3.63) is 204 Å². The topological polar surface area (TPSA) is 420 Å². The Hall–Kier alpha value is -13.4. The summed E-state index contributed by atoms with van der Waals surface area (Å²) in [5.41, 5.74) is 46.4. The van der Waals surface area contributed by atoms with Crippen molar-refractivity contribution in [2.75, 3.05) is 56.7 Å². The van der Waals surface area contributed by atoms with E-state index in [-0.39, 0.29) is 48.1 Å². The predicted octanol–water partition coefficient (Wildman–Crippen LogP) is 17.9. The molecule has 29 nitrogen and oxygen atoms in total. The minimum Gasteiger partial charge on any atom is -0.481 e. The highest BCUT2D eigenvalue weighted by Crippen LogP contribution is 2.47. The highest BCUT2D eigenvalue weighted by Gasteiger charge is 2.36. The maximum absolute atomic E-state index is 12.3. The number of furan rings is 1. The van der Waals surface area contributed by atoms with Crippen molar-refractivity contribution < 1.29 is 29.0 Å². The van der Waals surface area contributed by atoms with Crippen molar-refractivity contribution in [2.45, 2.75) is 127 Å². The van der Waals surface area contributed by atoms with E-state index in [1.54, 1.807) is 77.8 Å². The Morgan fingerprint density at radius 3 is 1.38 bits per heavy atom. The van der Waals surface area contributed by atoms with Crippen molar-refractivity contribution in [1.29, 1.82) is 0 Å². The fourth-order valence-corrected chi connectivity index (χ4v) is 21.4. The van der Waals surface area contributed by atoms with Gasteiger partial charge in [-0.3, -0.25) is 27.2 Å². The van der Waals surface area contributed by atoms with Crippen molar-refractivity contribution >= 4 is 140 Å². The molecule has 14 N–H and O–H groups in total. The van der Waals surface area contributed by atoms with Crippen LogP contribution >= 0.6 is 34.0 Å². The molecular formula is C93H95N23O6S3. The number of carboxylic acid groups (broad SMARTS) is 1. The lowest BCUT2D eigenvalue weighted by Gasteiger charge is -2.33. The van der Waals surface area contributed by atoms with Gasteiger partial charge in [-0.1, -0.05) is 54.6 Å². The third-order valence-electron chi connectivity index (χ3n) is 25.5. The largest absolute Gasteiger partial charge is 0.481 e. The minimum atomic E-state index is -0.704. The van der Waals surface area contributed by atoms with Gasteiger partial charge in [-0.15, -0.1) is 34.0 Å². The van der Waals surface area contributed by atoms with Crippen LogP contribution in [0.5, 0.6) is 0 Å². The number of carbonyl (C=O) groups is 3. The maximum atomic E-state index is 12.3. The van der Waals surface area contributed by atoms with E-state index in [2.05, 4.69) is 135 Å². The lowest BCUT2D eigenvalue weighted by Crippen LogP contribution is -2.43. The van der Waals surface area contributed by atoms with Crippen molar-refractivity contribution in [3.8, 4) is 65.9 Å². The molecule has 14 aromatic heterocycles. The SMILES string of the molecule is Cc1cccc2cc(-c3nc(C4CCC(C(N)=O)CC4)n4ccnc(N)c34)sc12.Cc1cccc2oc(-c3nc(C4CCN(C(=O)N(C)C)CC4)n4ccnc(N)c34)cc12.Nc1nccn2c(C3CCC(C(=O)O)CC3)nc(-c3cc4cccc(-c5nccs5)c4[nH]3)c12.Nc1nccn2c(C3CCC(CO)CC3)nc(-c3cc4cccc(-c5nccs5)c4[nH]3)c12. The molecule has 0 bridgehead atoms. The fraction of sp³-hybridized carbons (Fsp3) is 0.301. The molecule has 32 heteroatoms. The Balaban J connectivity index is 0.000000109. The lowest BCUT2D eigenvalue weighted by atomic mass is 9.81. The number of carbonyl (C=O) groups excluding carboxylic acids is 2. The summed E-state index contributed by atoms with van der Waals surface area (Å²) in [6, 6.07) is 33.3. The number of primary amides is 1. The Morgan fingerprint density at radius 1 is 0.496 bits per heavy atom. The highest BCUT2D eigenvalue weighted by molar-refractivity contribution is 7.22. The second-order valence-electron chi connectivity index (χ2n) is 33.4. The summed E-state index contributed by atoms with van der Waals surface area (Å²) in [5, 5.41) is 29.3. The van der Waals surface area contributed by atoms with E-state index in [1.807, 2.05) is 85.9 Å². The molecule has 1 saturated heterocycles. The number of nitrogen functional groups attached to an aromatic ring is 4.